The molecule has 1 aromatic heterocycles. The maximum atomic E-state index is 12.1. The third kappa shape index (κ3) is 3.02. The molecular formula is C14H14N4O3. The molecule has 1 N–H and O–H groups in total. The van der Waals surface area contributed by atoms with Gasteiger partial charge in [0.2, 0.25) is 0 Å². The lowest BCUT2D eigenvalue weighted by atomic mass is 10.1. The molecule has 2 heterocycles. The van der Waals surface area contributed by atoms with Gasteiger partial charge in [-0.3, -0.25) is 9.48 Å². The Balaban J connectivity index is 1.59. The molecule has 0 spiro atoms. The number of amides is 1. The van der Waals surface area contributed by atoms with Crippen LogP contribution in [0.5, 0.6) is 0 Å². The lowest BCUT2D eigenvalue weighted by Crippen LogP contribution is -2.47. The average Bonchev–Trinajstić information content (AvgIpc) is 2.94. The first kappa shape index (κ1) is 13.5. The van der Waals surface area contributed by atoms with Crippen molar-refractivity contribution in [1.29, 1.82) is 5.26 Å². The van der Waals surface area contributed by atoms with E-state index >= 15 is 0 Å². The summed E-state index contributed by atoms with van der Waals surface area (Å²) in [4.78, 5) is 12.1. The van der Waals surface area contributed by atoms with Gasteiger partial charge >= 0.3 is 0 Å². The minimum Gasteiger partial charge on any atom is -0.368 e. The standard InChI is InChI=1S/C14H14N4O3/c15-6-8-18-7-5-13(17-18)16-14(19)12-9-20-10-3-1-2-4-11(10)21-12/h1-5,7,10-12H,8-9H2,(H,16,17,19). The maximum Gasteiger partial charge on any atom is 0.257 e. The largest absolute Gasteiger partial charge is 0.368 e. The summed E-state index contributed by atoms with van der Waals surface area (Å²) in [7, 11) is 0. The lowest BCUT2D eigenvalue weighted by Gasteiger charge is -2.34. The lowest BCUT2D eigenvalue weighted by molar-refractivity contribution is -0.164. The van der Waals surface area contributed by atoms with Crippen LogP contribution >= 0.6 is 0 Å². The number of allylic oxidation sites excluding steroid dienone is 2. The predicted molar refractivity (Wildman–Crippen MR) is 73.2 cm³/mol. The number of fused-ring (bicyclic) bond motifs is 1. The molecule has 3 atom stereocenters. The Hall–Kier alpha value is -2.43. The van der Waals surface area contributed by atoms with E-state index in [1.807, 2.05) is 30.4 Å². The third-order valence-electron chi connectivity index (χ3n) is 3.22. The summed E-state index contributed by atoms with van der Waals surface area (Å²) < 4.78 is 12.8. The van der Waals surface area contributed by atoms with Crippen molar-refractivity contribution in [2.45, 2.75) is 24.9 Å². The van der Waals surface area contributed by atoms with Gasteiger partial charge in [-0.15, -0.1) is 0 Å². The number of aromatic nitrogens is 2. The van der Waals surface area contributed by atoms with E-state index in [9.17, 15) is 4.79 Å². The van der Waals surface area contributed by atoms with Gasteiger partial charge in [-0.25, -0.2) is 0 Å². The molecule has 1 saturated heterocycles. The molecule has 1 aromatic rings. The number of ether oxygens (including phenoxy) is 2. The summed E-state index contributed by atoms with van der Waals surface area (Å²) in [5.41, 5.74) is 0. The van der Waals surface area contributed by atoms with Crippen molar-refractivity contribution in [3.8, 4) is 6.07 Å². The number of hydrogen-bond donors (Lipinski definition) is 1. The quantitative estimate of drug-likeness (QED) is 0.880. The second-order valence-corrected chi connectivity index (χ2v) is 4.70. The van der Waals surface area contributed by atoms with E-state index in [0.29, 0.717) is 5.82 Å². The molecule has 3 rings (SSSR count). The fourth-order valence-corrected chi connectivity index (χ4v) is 2.20. The van der Waals surface area contributed by atoms with Crippen LogP contribution < -0.4 is 5.32 Å². The number of nitrogens with zero attached hydrogens (tertiary/aromatic N) is 3. The first-order chi connectivity index (χ1) is 10.3. The summed E-state index contributed by atoms with van der Waals surface area (Å²) in [6.45, 7) is 0.337. The van der Waals surface area contributed by atoms with Gasteiger partial charge in [-0.05, 0) is 0 Å². The number of nitrogens with one attached hydrogen (secondary N) is 1. The Labute approximate surface area is 121 Å². The molecule has 1 aliphatic heterocycles. The smallest absolute Gasteiger partial charge is 0.257 e. The van der Waals surface area contributed by atoms with E-state index in [-0.39, 0.29) is 31.3 Å². The van der Waals surface area contributed by atoms with E-state index in [1.54, 1.807) is 12.3 Å². The monoisotopic (exact) mass is 286 g/mol. The molecule has 1 aliphatic carbocycles. The van der Waals surface area contributed by atoms with Gasteiger partial charge in [-0.1, -0.05) is 24.3 Å². The van der Waals surface area contributed by atoms with Crippen LogP contribution in [0.1, 0.15) is 0 Å². The van der Waals surface area contributed by atoms with Gasteiger partial charge in [0.05, 0.1) is 12.7 Å². The second kappa shape index (κ2) is 5.91. The van der Waals surface area contributed by atoms with Gasteiger partial charge in [0.15, 0.2) is 11.9 Å². The van der Waals surface area contributed by atoms with Crippen molar-refractivity contribution in [2.75, 3.05) is 11.9 Å². The van der Waals surface area contributed by atoms with Crippen molar-refractivity contribution in [1.82, 2.24) is 9.78 Å². The number of nitriles is 1. The molecule has 7 heteroatoms. The van der Waals surface area contributed by atoms with Crippen LogP contribution in [0.3, 0.4) is 0 Å². The second-order valence-electron chi connectivity index (χ2n) is 4.70. The zero-order valence-corrected chi connectivity index (χ0v) is 11.2. The summed E-state index contributed by atoms with van der Waals surface area (Å²) >= 11 is 0. The van der Waals surface area contributed by atoms with Crippen molar-refractivity contribution in [3.05, 3.63) is 36.6 Å². The van der Waals surface area contributed by atoms with E-state index in [0.717, 1.165) is 0 Å². The molecule has 1 fully saturated rings. The molecule has 1 amide bonds. The molecule has 0 radical (unpaired) electrons. The fraction of sp³-hybridized carbons (Fsp3) is 0.357. The zero-order valence-electron chi connectivity index (χ0n) is 11.2. The van der Waals surface area contributed by atoms with Gasteiger partial charge in [-0.2, -0.15) is 10.4 Å². The Morgan fingerprint density at radius 1 is 1.48 bits per heavy atom. The van der Waals surface area contributed by atoms with E-state index < -0.39 is 6.10 Å². The molecular weight excluding hydrogens is 272 g/mol. The highest BCUT2D eigenvalue weighted by Gasteiger charge is 2.33. The molecule has 108 valence electrons. The van der Waals surface area contributed by atoms with Crippen LogP contribution in [0.2, 0.25) is 0 Å². The Bertz CT molecular complexity index is 628. The highest BCUT2D eigenvalue weighted by Crippen LogP contribution is 2.20. The summed E-state index contributed by atoms with van der Waals surface area (Å²) in [5, 5.41) is 15.3. The van der Waals surface area contributed by atoms with Crippen LogP contribution in [0.15, 0.2) is 36.6 Å². The van der Waals surface area contributed by atoms with Crippen molar-refractivity contribution in [3.63, 3.8) is 0 Å². The van der Waals surface area contributed by atoms with Crippen molar-refractivity contribution < 1.29 is 14.3 Å². The average molecular weight is 286 g/mol. The number of anilines is 1. The SMILES string of the molecule is N#CCn1ccc(NC(=O)C2COC3C=CC=CC3O2)n1. The fourth-order valence-electron chi connectivity index (χ4n) is 2.20. The minimum atomic E-state index is -0.677. The highest BCUT2D eigenvalue weighted by atomic mass is 16.6. The molecule has 21 heavy (non-hydrogen) atoms. The molecule has 3 unspecified atom stereocenters. The van der Waals surface area contributed by atoms with Gasteiger partial charge in [0.25, 0.3) is 5.91 Å². The molecule has 7 nitrogen and oxygen atoms in total. The number of hydrogen-bond acceptors (Lipinski definition) is 5. The van der Waals surface area contributed by atoms with Crippen LogP contribution in [0.25, 0.3) is 0 Å². The summed E-state index contributed by atoms with van der Waals surface area (Å²) in [5.74, 6) is 0.0821. The Kier molecular flexibility index (Phi) is 3.81. The van der Waals surface area contributed by atoms with Crippen LogP contribution in [-0.2, 0) is 20.8 Å². The topological polar surface area (TPSA) is 89.2 Å². The Morgan fingerprint density at radius 3 is 3.10 bits per heavy atom. The van der Waals surface area contributed by atoms with Gasteiger partial charge in [0.1, 0.15) is 18.8 Å². The van der Waals surface area contributed by atoms with E-state index in [1.165, 1.54) is 4.68 Å². The molecule has 0 bridgehead atoms. The third-order valence-corrected chi connectivity index (χ3v) is 3.22. The number of carbonyl (C=O) groups is 1. The summed E-state index contributed by atoms with van der Waals surface area (Å²) in [6.07, 6.45) is 8.12. The predicted octanol–water partition coefficient (Wildman–Crippen LogP) is 0.624. The number of carbonyl (C=O) groups excluding carboxylic acids is 1. The van der Waals surface area contributed by atoms with Crippen LogP contribution in [0, 0.1) is 11.3 Å². The summed E-state index contributed by atoms with van der Waals surface area (Å²) in [6, 6.07) is 3.60. The van der Waals surface area contributed by atoms with Crippen LogP contribution in [-0.4, -0.2) is 40.6 Å². The highest BCUT2D eigenvalue weighted by molar-refractivity contribution is 5.93. The van der Waals surface area contributed by atoms with Gasteiger partial charge in [0, 0.05) is 12.3 Å². The normalized spacial score (nSPS) is 26.9. The maximum absolute atomic E-state index is 12.1. The van der Waals surface area contributed by atoms with Crippen molar-refractivity contribution in [2.24, 2.45) is 0 Å². The van der Waals surface area contributed by atoms with Gasteiger partial charge < -0.3 is 14.8 Å². The van der Waals surface area contributed by atoms with Crippen molar-refractivity contribution >= 4 is 11.7 Å². The molecule has 0 aromatic carbocycles. The Morgan fingerprint density at radius 2 is 2.29 bits per heavy atom. The first-order valence-corrected chi connectivity index (χ1v) is 6.59. The molecule has 2 aliphatic rings. The zero-order chi connectivity index (χ0) is 14.7. The minimum absolute atomic E-state index is 0.131. The molecule has 0 saturated carbocycles. The first-order valence-electron chi connectivity index (χ1n) is 6.59. The van der Waals surface area contributed by atoms with Crippen LogP contribution in [0.4, 0.5) is 5.82 Å². The van der Waals surface area contributed by atoms with E-state index in [4.69, 9.17) is 14.7 Å². The van der Waals surface area contributed by atoms with E-state index in [2.05, 4.69) is 10.4 Å². The number of rotatable bonds is 3.